The van der Waals surface area contributed by atoms with Gasteiger partial charge in [0.2, 0.25) is 0 Å². The van der Waals surface area contributed by atoms with Crippen molar-refractivity contribution in [2.75, 3.05) is 4.90 Å². The van der Waals surface area contributed by atoms with Gasteiger partial charge in [-0.1, -0.05) is 285 Å². The molecule has 0 saturated heterocycles. The maximum Gasteiger partial charge on any atom is 0.179 e. The molecule has 0 N–H and O–H groups in total. The molecule has 5 heteroatoms. The number of rotatable bonds is 13. The first kappa shape index (κ1) is 54.8. The standard InChI is InChI=1S/C87H63N3Si2/c1-62-40-44-67(45-41-62)88(70-48-52-84-80(58-70)82-60-78(50-54-86(82)89(84)68-46-42-63-24-20-22-26-65(63)56-68)91(72-28-8-2-9-29-72,73-30-10-3-11-31-73)74-32-12-4-13-33-74)71-49-53-85-81(59-71)83-61-79(51-55-87(83)90(85)69-47-43-64-25-21-23-27-66(64)57-69)92(75-34-14-5-15-35-75,76-36-16-6-17-37-76)77-38-18-7-19-39-77/h2-61H,1H3. The highest BCUT2D eigenvalue weighted by Gasteiger charge is 2.43. The maximum atomic E-state index is 2.56. The van der Waals surface area contributed by atoms with Gasteiger partial charge in [-0.05, 0) is 155 Å². The fourth-order valence-electron chi connectivity index (χ4n) is 15.2. The summed E-state index contributed by atoms with van der Waals surface area (Å²) < 4.78 is 4.99. The average molecular weight is 1210 g/mol. The summed E-state index contributed by atoms with van der Waals surface area (Å²) in [6, 6.07) is 137. The minimum atomic E-state index is -2.94. The van der Waals surface area contributed by atoms with Crippen molar-refractivity contribution in [3.8, 4) is 11.4 Å². The van der Waals surface area contributed by atoms with Crippen LogP contribution in [0, 0.1) is 6.92 Å². The second-order valence-electron chi connectivity index (χ2n) is 24.5. The van der Waals surface area contributed by atoms with Crippen molar-refractivity contribution in [1.82, 2.24) is 9.13 Å². The first-order valence-electron chi connectivity index (χ1n) is 31.9. The third-order valence-electron chi connectivity index (χ3n) is 19.4. The average Bonchev–Trinajstić information content (AvgIpc) is 1.36. The number of aryl methyl sites for hydroxylation is 1. The SMILES string of the molecule is Cc1ccc(N(c2ccc3c(c2)c2cc([Si](c4ccccc4)(c4ccccc4)c4ccccc4)ccc2n3-c2ccc3ccccc3c2)c2ccc3c(c2)c2cc([Si](c4ccccc4)(c4ccccc4)c4ccccc4)ccc2n3-c2ccc3ccccc3c2)cc1. The molecule has 17 aromatic rings. The summed E-state index contributed by atoms with van der Waals surface area (Å²) in [6.45, 7) is 2.18. The Morgan fingerprint density at radius 1 is 0.217 bits per heavy atom. The van der Waals surface area contributed by atoms with Crippen LogP contribution in [0.5, 0.6) is 0 Å². The van der Waals surface area contributed by atoms with Gasteiger partial charge in [0, 0.05) is 50.0 Å². The van der Waals surface area contributed by atoms with Gasteiger partial charge in [-0.2, -0.15) is 0 Å². The molecule has 0 spiro atoms. The van der Waals surface area contributed by atoms with E-state index in [4.69, 9.17) is 0 Å². The van der Waals surface area contributed by atoms with Crippen LogP contribution in [0.1, 0.15) is 5.56 Å². The van der Waals surface area contributed by atoms with Gasteiger partial charge >= 0.3 is 0 Å². The Bertz CT molecular complexity index is 5050. The predicted molar refractivity (Wildman–Crippen MR) is 397 cm³/mol. The number of benzene rings is 15. The smallest absolute Gasteiger partial charge is 0.179 e. The molecule has 434 valence electrons. The van der Waals surface area contributed by atoms with Gasteiger partial charge in [0.05, 0.1) is 22.1 Å². The van der Waals surface area contributed by atoms with E-state index in [1.807, 2.05) is 0 Å². The number of hydrogen-bond donors (Lipinski definition) is 0. The fourth-order valence-corrected chi connectivity index (χ4v) is 24.8. The molecule has 2 heterocycles. The van der Waals surface area contributed by atoms with E-state index in [9.17, 15) is 0 Å². The van der Waals surface area contributed by atoms with Gasteiger partial charge in [0.1, 0.15) is 0 Å². The number of nitrogens with zero attached hydrogens (tertiary/aromatic N) is 3. The van der Waals surface area contributed by atoms with E-state index in [1.54, 1.807) is 0 Å². The van der Waals surface area contributed by atoms with Crippen molar-refractivity contribution in [2.24, 2.45) is 0 Å². The summed E-state index contributed by atoms with van der Waals surface area (Å²) in [5.74, 6) is 0. The molecule has 0 unspecified atom stereocenters. The summed E-state index contributed by atoms with van der Waals surface area (Å²) in [4.78, 5) is 2.48. The zero-order valence-corrected chi connectivity index (χ0v) is 53.0. The predicted octanol–water partition coefficient (Wildman–Crippen LogP) is 16.7. The minimum absolute atomic E-state index is 1.07. The maximum absolute atomic E-state index is 2.94. The Balaban J connectivity index is 0.936. The monoisotopic (exact) mass is 1210 g/mol. The molecular weight excluding hydrogens is 1140 g/mol. The number of aromatic nitrogens is 2. The molecule has 0 aliphatic carbocycles. The Hall–Kier alpha value is -11.3. The van der Waals surface area contributed by atoms with E-state index in [0.29, 0.717) is 0 Å². The Morgan fingerprint density at radius 3 is 0.837 bits per heavy atom. The van der Waals surface area contributed by atoms with Crippen LogP contribution in [0.25, 0.3) is 76.5 Å². The molecule has 0 saturated carbocycles. The van der Waals surface area contributed by atoms with E-state index in [2.05, 4.69) is 385 Å². The molecule has 92 heavy (non-hydrogen) atoms. The summed E-state index contributed by atoms with van der Waals surface area (Å²) in [7, 11) is -5.87. The molecule has 15 aromatic carbocycles. The molecule has 0 atom stereocenters. The summed E-state index contributed by atoms with van der Waals surface area (Å²) in [5.41, 5.74) is 11.3. The number of anilines is 3. The van der Waals surface area contributed by atoms with E-state index in [0.717, 1.165) is 50.5 Å². The summed E-state index contributed by atoms with van der Waals surface area (Å²) in [5, 5.41) is 20.4. The molecule has 17 rings (SSSR count). The molecule has 2 aromatic heterocycles. The quantitative estimate of drug-likeness (QED) is 0.0828. The first-order chi connectivity index (χ1) is 45.5. The summed E-state index contributed by atoms with van der Waals surface area (Å²) >= 11 is 0. The van der Waals surface area contributed by atoms with E-state index in [1.165, 1.54) is 90.1 Å². The lowest BCUT2D eigenvalue weighted by Gasteiger charge is -2.34. The topological polar surface area (TPSA) is 13.1 Å². The normalized spacial score (nSPS) is 12.0. The highest BCUT2D eigenvalue weighted by molar-refractivity contribution is 7.20. The van der Waals surface area contributed by atoms with E-state index >= 15 is 0 Å². The van der Waals surface area contributed by atoms with Gasteiger partial charge in [-0.15, -0.1) is 0 Å². The Morgan fingerprint density at radius 2 is 0.500 bits per heavy atom. The molecular formula is C87H63N3Si2. The fraction of sp³-hybridized carbons (Fsp3) is 0.0115. The zero-order chi connectivity index (χ0) is 61.2. The minimum Gasteiger partial charge on any atom is -0.310 e. The van der Waals surface area contributed by atoms with Crippen LogP contribution < -0.4 is 46.4 Å². The van der Waals surface area contributed by atoms with Gasteiger partial charge in [0.25, 0.3) is 0 Å². The Labute approximate surface area is 538 Å². The van der Waals surface area contributed by atoms with Crippen molar-refractivity contribution >= 4 is 140 Å². The van der Waals surface area contributed by atoms with Crippen LogP contribution in [0.15, 0.2) is 364 Å². The lowest BCUT2D eigenvalue weighted by molar-refractivity contribution is 1.18. The molecule has 0 bridgehead atoms. The second kappa shape index (κ2) is 22.6. The second-order valence-corrected chi connectivity index (χ2v) is 32.1. The van der Waals surface area contributed by atoms with Gasteiger partial charge in [0.15, 0.2) is 16.1 Å². The van der Waals surface area contributed by atoms with Crippen LogP contribution in [0.4, 0.5) is 17.1 Å². The number of fused-ring (bicyclic) bond motifs is 8. The highest BCUT2D eigenvalue weighted by Crippen LogP contribution is 2.43. The summed E-state index contributed by atoms with van der Waals surface area (Å²) in [6.07, 6.45) is 0. The van der Waals surface area contributed by atoms with Gasteiger partial charge in [-0.3, -0.25) is 0 Å². The zero-order valence-electron chi connectivity index (χ0n) is 51.0. The molecule has 0 amide bonds. The van der Waals surface area contributed by atoms with Crippen molar-refractivity contribution < 1.29 is 0 Å². The highest BCUT2D eigenvalue weighted by atomic mass is 28.3. The molecule has 0 aliphatic heterocycles. The van der Waals surface area contributed by atoms with Crippen LogP contribution in [0.2, 0.25) is 0 Å². The molecule has 0 radical (unpaired) electrons. The lowest BCUT2D eigenvalue weighted by atomic mass is 10.1. The van der Waals surface area contributed by atoms with Crippen molar-refractivity contribution in [3.63, 3.8) is 0 Å². The van der Waals surface area contributed by atoms with Crippen molar-refractivity contribution in [1.29, 1.82) is 0 Å². The molecule has 0 fully saturated rings. The third kappa shape index (κ3) is 8.92. The Kier molecular flexibility index (Phi) is 13.5. The molecule has 3 nitrogen and oxygen atoms in total. The van der Waals surface area contributed by atoms with Crippen LogP contribution in [-0.4, -0.2) is 25.3 Å². The van der Waals surface area contributed by atoms with Crippen molar-refractivity contribution in [2.45, 2.75) is 6.92 Å². The van der Waals surface area contributed by atoms with Gasteiger partial charge in [-0.25, -0.2) is 0 Å². The largest absolute Gasteiger partial charge is 0.310 e. The van der Waals surface area contributed by atoms with E-state index in [-0.39, 0.29) is 0 Å². The number of hydrogen-bond acceptors (Lipinski definition) is 1. The van der Waals surface area contributed by atoms with Crippen LogP contribution >= 0.6 is 0 Å². The third-order valence-corrected chi connectivity index (χ3v) is 28.9. The lowest BCUT2D eigenvalue weighted by Crippen LogP contribution is -2.74. The van der Waals surface area contributed by atoms with E-state index < -0.39 is 16.1 Å². The van der Waals surface area contributed by atoms with Crippen LogP contribution in [-0.2, 0) is 0 Å². The molecule has 0 aliphatic rings. The first-order valence-corrected chi connectivity index (χ1v) is 35.9. The van der Waals surface area contributed by atoms with Gasteiger partial charge < -0.3 is 14.0 Å². The van der Waals surface area contributed by atoms with Crippen LogP contribution in [0.3, 0.4) is 0 Å². The van der Waals surface area contributed by atoms with Crippen molar-refractivity contribution in [3.05, 3.63) is 370 Å².